The van der Waals surface area contributed by atoms with Crippen LogP contribution in [0.4, 0.5) is 0 Å². The highest BCUT2D eigenvalue weighted by molar-refractivity contribution is 5.81. The highest BCUT2D eigenvalue weighted by Crippen LogP contribution is 2.23. The third-order valence-corrected chi connectivity index (χ3v) is 8.07. The highest BCUT2D eigenvalue weighted by Gasteiger charge is 2.20. The van der Waals surface area contributed by atoms with Crippen LogP contribution in [0.15, 0.2) is 24.3 Å². The molecule has 2 fully saturated rings. The summed E-state index contributed by atoms with van der Waals surface area (Å²) in [4.78, 5) is 13.0. The summed E-state index contributed by atoms with van der Waals surface area (Å²) in [6.45, 7) is 5.03. The number of amides is 1. The maximum atomic E-state index is 13.0. The maximum absolute atomic E-state index is 13.0. The van der Waals surface area contributed by atoms with Gasteiger partial charge in [0.05, 0.1) is 6.04 Å². The van der Waals surface area contributed by atoms with Crippen molar-refractivity contribution in [3.05, 3.63) is 35.4 Å². The van der Waals surface area contributed by atoms with Gasteiger partial charge in [-0.15, -0.1) is 0 Å². The minimum Gasteiger partial charge on any atom is -0.370 e. The average Bonchev–Trinajstić information content (AvgIpc) is 2.94. The van der Waals surface area contributed by atoms with E-state index in [1.807, 2.05) is 0 Å². The van der Waals surface area contributed by atoms with Crippen molar-refractivity contribution < 1.29 is 4.79 Å². The van der Waals surface area contributed by atoms with Crippen LogP contribution in [0.1, 0.15) is 94.6 Å². The first-order valence-electron chi connectivity index (χ1n) is 15.2. The number of rotatable bonds is 17. The molecule has 0 spiro atoms. The van der Waals surface area contributed by atoms with Gasteiger partial charge in [-0.2, -0.15) is 0 Å². The number of guanidine groups is 1. The molecule has 0 aliphatic heterocycles. The van der Waals surface area contributed by atoms with Crippen LogP contribution in [0.3, 0.4) is 0 Å². The van der Waals surface area contributed by atoms with Crippen LogP contribution in [-0.4, -0.2) is 50.1 Å². The molecule has 0 saturated heterocycles. The lowest BCUT2D eigenvalue weighted by Crippen LogP contribution is -2.46. The van der Waals surface area contributed by atoms with Crippen molar-refractivity contribution in [1.82, 2.24) is 26.6 Å². The molecule has 1 amide bonds. The molecule has 0 bridgehead atoms. The zero-order valence-electron chi connectivity index (χ0n) is 23.5. The number of carbonyl (C=O) groups excluding carboxylic acids is 1. The Kier molecular flexibility index (Phi) is 14.5. The minimum absolute atomic E-state index is 0.0218. The molecule has 214 valence electrons. The Morgan fingerprint density at radius 3 is 2.18 bits per heavy atom. The fraction of sp³-hybridized carbons (Fsp3) is 0.733. The lowest BCUT2D eigenvalue weighted by molar-refractivity contribution is -0.123. The van der Waals surface area contributed by atoms with Crippen molar-refractivity contribution in [2.24, 2.45) is 11.7 Å². The molecule has 2 aliphatic carbocycles. The number of carbonyl (C=O) groups is 1. The molecular formula is C30H53N7O. The van der Waals surface area contributed by atoms with E-state index in [4.69, 9.17) is 11.1 Å². The van der Waals surface area contributed by atoms with E-state index < -0.39 is 0 Å². The fourth-order valence-electron chi connectivity index (χ4n) is 5.70. The Morgan fingerprint density at radius 2 is 1.50 bits per heavy atom. The SMILES string of the molecule is N=C(N)NCCC[C@H](NCC1CCCCC1)C(=O)NCc1ccc(CNCCCNC2CCCCC2)cc1. The zero-order valence-corrected chi connectivity index (χ0v) is 23.5. The van der Waals surface area contributed by atoms with E-state index in [0.29, 0.717) is 19.0 Å². The Hall–Kier alpha value is -2.16. The zero-order chi connectivity index (χ0) is 26.8. The summed E-state index contributed by atoms with van der Waals surface area (Å²) in [5, 5.41) is 24.1. The Bertz CT molecular complexity index is 788. The Morgan fingerprint density at radius 1 is 0.842 bits per heavy atom. The predicted molar refractivity (Wildman–Crippen MR) is 157 cm³/mol. The van der Waals surface area contributed by atoms with Gasteiger partial charge in [0.1, 0.15) is 0 Å². The van der Waals surface area contributed by atoms with Crippen LogP contribution in [0.2, 0.25) is 0 Å². The number of hydrogen-bond donors (Lipinski definition) is 7. The lowest BCUT2D eigenvalue weighted by Gasteiger charge is -2.25. The van der Waals surface area contributed by atoms with Crippen LogP contribution in [0.5, 0.6) is 0 Å². The molecule has 8 heteroatoms. The van der Waals surface area contributed by atoms with Gasteiger partial charge in [-0.05, 0) is 81.6 Å². The van der Waals surface area contributed by atoms with Gasteiger partial charge in [0.15, 0.2) is 5.96 Å². The predicted octanol–water partition coefficient (Wildman–Crippen LogP) is 3.51. The summed E-state index contributed by atoms with van der Waals surface area (Å²) < 4.78 is 0. The van der Waals surface area contributed by atoms with Crippen LogP contribution < -0.4 is 32.3 Å². The molecule has 8 nitrogen and oxygen atoms in total. The first kappa shape index (κ1) is 30.4. The minimum atomic E-state index is -0.221. The molecular weight excluding hydrogens is 474 g/mol. The second-order valence-corrected chi connectivity index (χ2v) is 11.3. The molecule has 3 rings (SSSR count). The average molecular weight is 528 g/mol. The molecule has 2 saturated carbocycles. The van der Waals surface area contributed by atoms with Gasteiger partial charge in [-0.1, -0.05) is 62.8 Å². The monoisotopic (exact) mass is 527 g/mol. The topological polar surface area (TPSA) is 127 Å². The van der Waals surface area contributed by atoms with E-state index in [1.165, 1.54) is 69.8 Å². The third kappa shape index (κ3) is 12.6. The van der Waals surface area contributed by atoms with Crippen molar-refractivity contribution in [3.63, 3.8) is 0 Å². The van der Waals surface area contributed by atoms with Crippen molar-refractivity contribution >= 4 is 11.9 Å². The standard InChI is InChI=1S/C30H53N7O/c31-30(32)35-19-7-13-28(36-22-24-9-3-1-4-10-24)29(38)37-23-26-16-14-25(15-17-26)21-33-18-8-20-34-27-11-5-2-6-12-27/h14-17,24,27-28,33-34,36H,1-13,18-23H2,(H,37,38)(H4,31,32,35)/t28-/m0/s1. The van der Waals surface area contributed by atoms with Crippen molar-refractivity contribution in [3.8, 4) is 0 Å². The molecule has 1 aromatic carbocycles. The first-order chi connectivity index (χ1) is 18.6. The van der Waals surface area contributed by atoms with Crippen molar-refractivity contribution in [2.45, 2.75) is 109 Å². The second kappa shape index (κ2) is 18.2. The molecule has 2 aliphatic rings. The largest absolute Gasteiger partial charge is 0.370 e. The van der Waals surface area contributed by atoms with Gasteiger partial charge < -0.3 is 32.3 Å². The number of benzene rings is 1. The van der Waals surface area contributed by atoms with Gasteiger partial charge in [0.2, 0.25) is 5.91 Å². The molecule has 1 aromatic rings. The first-order valence-corrected chi connectivity index (χ1v) is 15.2. The molecule has 38 heavy (non-hydrogen) atoms. The quantitative estimate of drug-likeness (QED) is 0.0944. The summed E-state index contributed by atoms with van der Waals surface area (Å²) in [6, 6.07) is 9.05. The van der Waals surface area contributed by atoms with Crippen molar-refractivity contribution in [1.29, 1.82) is 5.41 Å². The van der Waals surface area contributed by atoms with Crippen LogP contribution in [0, 0.1) is 11.3 Å². The molecule has 0 unspecified atom stereocenters. The molecule has 0 heterocycles. The highest BCUT2D eigenvalue weighted by atomic mass is 16.2. The van der Waals surface area contributed by atoms with Crippen LogP contribution in [-0.2, 0) is 17.9 Å². The Balaban J connectivity index is 1.33. The summed E-state index contributed by atoms with van der Waals surface area (Å²) >= 11 is 0. The van der Waals surface area contributed by atoms with E-state index in [-0.39, 0.29) is 17.9 Å². The molecule has 0 aromatic heterocycles. The smallest absolute Gasteiger partial charge is 0.237 e. The summed E-state index contributed by atoms with van der Waals surface area (Å²) in [5.74, 6) is 0.700. The summed E-state index contributed by atoms with van der Waals surface area (Å²) in [7, 11) is 0. The van der Waals surface area contributed by atoms with E-state index in [1.54, 1.807) is 0 Å². The maximum Gasteiger partial charge on any atom is 0.237 e. The fourth-order valence-corrected chi connectivity index (χ4v) is 5.70. The van der Waals surface area contributed by atoms with Gasteiger partial charge in [-0.25, -0.2) is 0 Å². The van der Waals surface area contributed by atoms with E-state index in [2.05, 4.69) is 50.8 Å². The van der Waals surface area contributed by atoms with E-state index >= 15 is 0 Å². The number of nitrogens with two attached hydrogens (primary N) is 1. The van der Waals surface area contributed by atoms with Crippen LogP contribution in [0.25, 0.3) is 0 Å². The molecule has 1 atom stereocenters. The van der Waals surface area contributed by atoms with E-state index in [9.17, 15) is 4.79 Å². The van der Waals surface area contributed by atoms with Gasteiger partial charge in [0.25, 0.3) is 0 Å². The normalized spacial score (nSPS) is 17.7. The number of hydrogen-bond acceptors (Lipinski definition) is 5. The van der Waals surface area contributed by atoms with E-state index in [0.717, 1.165) is 57.0 Å². The Labute approximate surface area is 230 Å². The van der Waals surface area contributed by atoms with Crippen molar-refractivity contribution in [2.75, 3.05) is 26.2 Å². The second-order valence-electron chi connectivity index (χ2n) is 11.3. The van der Waals surface area contributed by atoms with Gasteiger partial charge in [0, 0.05) is 25.7 Å². The summed E-state index contributed by atoms with van der Waals surface area (Å²) in [6.07, 6.45) is 16.0. The molecule has 8 N–H and O–H groups in total. The van der Waals surface area contributed by atoms with Gasteiger partial charge >= 0.3 is 0 Å². The molecule has 0 radical (unpaired) electrons. The number of nitrogens with one attached hydrogen (secondary N) is 6. The third-order valence-electron chi connectivity index (χ3n) is 8.07. The summed E-state index contributed by atoms with van der Waals surface area (Å²) in [5.41, 5.74) is 7.77. The van der Waals surface area contributed by atoms with Gasteiger partial charge in [-0.3, -0.25) is 10.2 Å². The van der Waals surface area contributed by atoms with Crippen LogP contribution >= 0.6 is 0 Å². The lowest BCUT2D eigenvalue weighted by atomic mass is 9.89.